The molecule has 0 aliphatic rings. The van der Waals surface area contributed by atoms with Crippen LogP contribution in [-0.2, 0) is 0 Å². The van der Waals surface area contributed by atoms with Crippen LogP contribution < -0.4 is 0 Å². The van der Waals surface area contributed by atoms with Gasteiger partial charge in [0, 0.05) is 10.9 Å². The molecule has 0 heterocycles. The van der Waals surface area contributed by atoms with Crippen LogP contribution in [0.4, 0.5) is 0 Å². The molecule has 0 spiro atoms. The summed E-state index contributed by atoms with van der Waals surface area (Å²) in [6, 6.07) is 5.90. The fraction of sp³-hybridized carbons (Fsp3) is 0.273. The van der Waals surface area contributed by atoms with E-state index in [4.69, 9.17) is 23.2 Å². The van der Waals surface area contributed by atoms with Crippen molar-refractivity contribution in [3.8, 4) is 0 Å². The summed E-state index contributed by atoms with van der Waals surface area (Å²) in [4.78, 5) is 0. The third-order valence-electron chi connectivity index (χ3n) is 1.83. The van der Waals surface area contributed by atoms with E-state index in [-0.39, 0.29) is 0 Å². The Morgan fingerprint density at radius 3 is 2.77 bits per heavy atom. The number of hydrogen-bond acceptors (Lipinski definition) is 0. The van der Waals surface area contributed by atoms with Gasteiger partial charge in [-0.25, -0.2) is 0 Å². The quantitative estimate of drug-likeness (QED) is 0.659. The summed E-state index contributed by atoms with van der Waals surface area (Å²) >= 11 is 11.6. The highest BCUT2D eigenvalue weighted by Gasteiger charge is 1.97. The van der Waals surface area contributed by atoms with Gasteiger partial charge in [-0.1, -0.05) is 35.9 Å². The number of benzene rings is 1. The lowest BCUT2D eigenvalue weighted by atomic mass is 10.1. The maximum Gasteiger partial charge on any atom is 0.0480 e. The van der Waals surface area contributed by atoms with E-state index < -0.39 is 0 Å². The number of rotatable bonds is 3. The number of halogens is 2. The van der Waals surface area contributed by atoms with Gasteiger partial charge in [-0.05, 0) is 30.5 Å². The first-order valence-corrected chi connectivity index (χ1v) is 5.14. The minimum Gasteiger partial charge on any atom is -0.126 e. The molecule has 0 saturated heterocycles. The second kappa shape index (κ2) is 5.31. The van der Waals surface area contributed by atoms with E-state index in [2.05, 4.69) is 0 Å². The van der Waals surface area contributed by atoms with Gasteiger partial charge in [-0.3, -0.25) is 0 Å². The van der Waals surface area contributed by atoms with Crippen LogP contribution in [-0.4, -0.2) is 5.88 Å². The standard InChI is InChI=1S/C11H12Cl2/c1-9-5-4-7-11(13)10(9)6-2-3-8-12/h2,4-7H,3,8H2,1H3. The second-order valence-corrected chi connectivity index (χ2v) is 3.64. The number of aryl methyl sites for hydroxylation is 1. The van der Waals surface area contributed by atoms with E-state index >= 15 is 0 Å². The van der Waals surface area contributed by atoms with Crippen LogP contribution in [0.1, 0.15) is 17.5 Å². The van der Waals surface area contributed by atoms with Gasteiger partial charge >= 0.3 is 0 Å². The molecule has 1 rings (SSSR count). The number of alkyl halides is 1. The molecule has 0 unspecified atom stereocenters. The van der Waals surface area contributed by atoms with Gasteiger partial charge < -0.3 is 0 Å². The molecule has 0 bridgehead atoms. The van der Waals surface area contributed by atoms with E-state index in [0.29, 0.717) is 5.88 Å². The van der Waals surface area contributed by atoms with Gasteiger partial charge in [-0.15, -0.1) is 11.6 Å². The molecule has 0 amide bonds. The molecule has 0 saturated carbocycles. The molecular formula is C11H12Cl2. The lowest BCUT2D eigenvalue weighted by Crippen LogP contribution is -1.81. The lowest BCUT2D eigenvalue weighted by molar-refractivity contribution is 1.24. The number of hydrogen-bond donors (Lipinski definition) is 0. The van der Waals surface area contributed by atoms with Gasteiger partial charge in [0.25, 0.3) is 0 Å². The maximum absolute atomic E-state index is 6.02. The molecule has 1 aromatic rings. The Hall–Kier alpha value is -0.460. The molecule has 0 fully saturated rings. The fourth-order valence-corrected chi connectivity index (χ4v) is 1.53. The van der Waals surface area contributed by atoms with Crippen LogP contribution >= 0.6 is 23.2 Å². The maximum atomic E-state index is 6.02. The fourth-order valence-electron chi connectivity index (χ4n) is 1.12. The highest BCUT2D eigenvalue weighted by Crippen LogP contribution is 2.20. The van der Waals surface area contributed by atoms with Gasteiger partial charge in [0.1, 0.15) is 0 Å². The minimum absolute atomic E-state index is 0.653. The highest BCUT2D eigenvalue weighted by atomic mass is 35.5. The molecule has 70 valence electrons. The molecule has 0 N–H and O–H groups in total. The van der Waals surface area contributed by atoms with Crippen LogP contribution in [0.2, 0.25) is 5.02 Å². The molecular weight excluding hydrogens is 203 g/mol. The van der Waals surface area contributed by atoms with Crippen LogP contribution in [0.5, 0.6) is 0 Å². The van der Waals surface area contributed by atoms with E-state index in [9.17, 15) is 0 Å². The summed E-state index contributed by atoms with van der Waals surface area (Å²) < 4.78 is 0. The predicted molar refractivity (Wildman–Crippen MR) is 60.6 cm³/mol. The normalized spacial score (nSPS) is 11.0. The Morgan fingerprint density at radius 1 is 1.38 bits per heavy atom. The summed E-state index contributed by atoms with van der Waals surface area (Å²) in [5.74, 6) is 0.653. The first-order valence-electron chi connectivity index (χ1n) is 4.23. The zero-order valence-electron chi connectivity index (χ0n) is 7.56. The molecule has 0 radical (unpaired) electrons. The van der Waals surface area contributed by atoms with E-state index in [1.807, 2.05) is 37.3 Å². The first-order chi connectivity index (χ1) is 6.25. The monoisotopic (exact) mass is 214 g/mol. The Labute approximate surface area is 89.2 Å². The topological polar surface area (TPSA) is 0 Å². The van der Waals surface area contributed by atoms with Gasteiger partial charge in [0.05, 0.1) is 0 Å². The third kappa shape index (κ3) is 3.06. The molecule has 2 heteroatoms. The van der Waals surface area contributed by atoms with Crippen LogP contribution in [0, 0.1) is 6.92 Å². The number of allylic oxidation sites excluding steroid dienone is 1. The molecule has 0 atom stereocenters. The summed E-state index contributed by atoms with van der Waals surface area (Å²) in [6.45, 7) is 2.05. The largest absolute Gasteiger partial charge is 0.126 e. The van der Waals surface area contributed by atoms with Crippen molar-refractivity contribution in [3.05, 3.63) is 40.4 Å². The SMILES string of the molecule is Cc1cccc(Cl)c1C=CCCCl. The van der Waals surface area contributed by atoms with Crippen molar-refractivity contribution in [2.75, 3.05) is 5.88 Å². The molecule has 0 aliphatic heterocycles. The van der Waals surface area contributed by atoms with E-state index in [1.165, 1.54) is 5.56 Å². The summed E-state index contributed by atoms with van der Waals surface area (Å²) in [5, 5.41) is 0.797. The molecule has 13 heavy (non-hydrogen) atoms. The van der Waals surface area contributed by atoms with Crippen molar-refractivity contribution in [1.82, 2.24) is 0 Å². The Balaban J connectivity index is 2.87. The Kier molecular flexibility index (Phi) is 4.34. The van der Waals surface area contributed by atoms with Gasteiger partial charge in [0.2, 0.25) is 0 Å². The van der Waals surface area contributed by atoms with Crippen molar-refractivity contribution < 1.29 is 0 Å². The Bertz CT molecular complexity index is 283. The molecule has 0 nitrogen and oxygen atoms in total. The molecule has 0 aliphatic carbocycles. The Morgan fingerprint density at radius 2 is 2.15 bits per heavy atom. The first kappa shape index (κ1) is 10.6. The molecule has 1 aromatic carbocycles. The minimum atomic E-state index is 0.653. The average molecular weight is 215 g/mol. The second-order valence-electron chi connectivity index (χ2n) is 2.85. The van der Waals surface area contributed by atoms with Crippen molar-refractivity contribution in [2.24, 2.45) is 0 Å². The predicted octanol–water partition coefficient (Wildman–Crippen LogP) is 4.29. The molecule has 0 aromatic heterocycles. The summed E-state index contributed by atoms with van der Waals surface area (Å²) in [6.07, 6.45) is 4.95. The zero-order valence-corrected chi connectivity index (χ0v) is 9.07. The van der Waals surface area contributed by atoms with E-state index in [0.717, 1.165) is 17.0 Å². The van der Waals surface area contributed by atoms with Crippen LogP contribution in [0.25, 0.3) is 6.08 Å². The van der Waals surface area contributed by atoms with E-state index in [1.54, 1.807) is 0 Å². The average Bonchev–Trinajstić information content (AvgIpc) is 2.10. The smallest absolute Gasteiger partial charge is 0.0480 e. The van der Waals surface area contributed by atoms with Gasteiger partial charge in [-0.2, -0.15) is 0 Å². The lowest BCUT2D eigenvalue weighted by Gasteiger charge is -2.01. The van der Waals surface area contributed by atoms with Crippen LogP contribution in [0.3, 0.4) is 0 Å². The van der Waals surface area contributed by atoms with Gasteiger partial charge in [0.15, 0.2) is 0 Å². The van der Waals surface area contributed by atoms with Crippen molar-refractivity contribution in [3.63, 3.8) is 0 Å². The van der Waals surface area contributed by atoms with Crippen LogP contribution in [0.15, 0.2) is 24.3 Å². The summed E-state index contributed by atoms with van der Waals surface area (Å²) in [5.41, 5.74) is 2.28. The summed E-state index contributed by atoms with van der Waals surface area (Å²) in [7, 11) is 0. The third-order valence-corrected chi connectivity index (χ3v) is 2.38. The zero-order chi connectivity index (χ0) is 9.68. The van der Waals surface area contributed by atoms with Crippen molar-refractivity contribution >= 4 is 29.3 Å². The van der Waals surface area contributed by atoms with Crippen molar-refractivity contribution in [1.29, 1.82) is 0 Å². The highest BCUT2D eigenvalue weighted by molar-refractivity contribution is 6.32. The van der Waals surface area contributed by atoms with Crippen molar-refractivity contribution in [2.45, 2.75) is 13.3 Å².